The van der Waals surface area contributed by atoms with E-state index in [0.717, 1.165) is 16.8 Å². The molecule has 0 atom stereocenters. The third-order valence-corrected chi connectivity index (χ3v) is 4.28. The summed E-state index contributed by atoms with van der Waals surface area (Å²) in [6.07, 6.45) is 3.20. The van der Waals surface area contributed by atoms with Crippen LogP contribution in [0, 0.1) is 0 Å². The summed E-state index contributed by atoms with van der Waals surface area (Å²) in [5.74, 6) is 1.28. The minimum atomic E-state index is -0.192. The molecule has 0 saturated heterocycles. The number of nitrogens with zero attached hydrogens (tertiary/aromatic N) is 1. The van der Waals surface area contributed by atoms with Crippen LogP contribution in [0.3, 0.4) is 0 Å². The van der Waals surface area contributed by atoms with E-state index < -0.39 is 0 Å². The number of hydrogen-bond donors (Lipinski definition) is 1. The Balaban J connectivity index is 1.65. The molecule has 132 valence electrons. The molecule has 0 bridgehead atoms. The van der Waals surface area contributed by atoms with Gasteiger partial charge in [0.25, 0.3) is 5.91 Å². The standard InChI is InChI=1S/C20H18N2O4/c1-24-18-7-3-2-5-14(18)13-22-16-8-10-26-19(16)11-17(22)20(23)21-12-15-6-4-9-25-15/h2-11H,12-13H2,1H3,(H,21,23). The van der Waals surface area contributed by atoms with Crippen LogP contribution in [0.25, 0.3) is 11.1 Å². The monoisotopic (exact) mass is 350 g/mol. The summed E-state index contributed by atoms with van der Waals surface area (Å²) in [7, 11) is 1.64. The Kier molecular flexibility index (Phi) is 4.23. The second-order valence-electron chi connectivity index (χ2n) is 5.86. The van der Waals surface area contributed by atoms with Crippen molar-refractivity contribution in [2.75, 3.05) is 7.11 Å². The number of para-hydroxylation sites is 1. The van der Waals surface area contributed by atoms with Crippen molar-refractivity contribution >= 4 is 17.0 Å². The molecule has 1 aromatic carbocycles. The van der Waals surface area contributed by atoms with Crippen LogP contribution in [0.4, 0.5) is 0 Å². The number of methoxy groups -OCH3 is 1. The number of ether oxygens (including phenoxy) is 1. The number of amides is 1. The van der Waals surface area contributed by atoms with E-state index in [9.17, 15) is 4.79 Å². The van der Waals surface area contributed by atoms with Crippen LogP contribution in [-0.2, 0) is 13.1 Å². The van der Waals surface area contributed by atoms with Gasteiger partial charge in [-0.25, -0.2) is 0 Å². The zero-order chi connectivity index (χ0) is 17.9. The summed E-state index contributed by atoms with van der Waals surface area (Å²) in [6.45, 7) is 0.823. The van der Waals surface area contributed by atoms with Gasteiger partial charge in [-0.1, -0.05) is 18.2 Å². The second kappa shape index (κ2) is 6.84. The highest BCUT2D eigenvalue weighted by Gasteiger charge is 2.18. The molecule has 0 saturated carbocycles. The quantitative estimate of drug-likeness (QED) is 0.574. The summed E-state index contributed by atoms with van der Waals surface area (Å²) >= 11 is 0. The van der Waals surface area contributed by atoms with E-state index in [1.54, 1.807) is 31.8 Å². The lowest BCUT2D eigenvalue weighted by Gasteiger charge is -2.13. The molecule has 1 amide bonds. The molecule has 0 aliphatic heterocycles. The molecule has 0 fully saturated rings. The normalized spacial score (nSPS) is 11.0. The minimum Gasteiger partial charge on any atom is -0.496 e. The maximum Gasteiger partial charge on any atom is 0.268 e. The van der Waals surface area contributed by atoms with Crippen LogP contribution in [0.15, 0.2) is 69.9 Å². The van der Waals surface area contributed by atoms with Gasteiger partial charge in [-0.2, -0.15) is 0 Å². The SMILES string of the molecule is COc1ccccc1Cn1c(C(=O)NCc2ccco2)cc2occc21. The summed E-state index contributed by atoms with van der Waals surface area (Å²) in [5, 5.41) is 2.88. The Bertz CT molecular complexity index is 1030. The molecule has 0 unspecified atom stereocenters. The van der Waals surface area contributed by atoms with Gasteiger partial charge in [-0.05, 0) is 18.2 Å². The predicted octanol–water partition coefficient (Wildman–Crippen LogP) is 3.81. The maximum atomic E-state index is 12.7. The van der Waals surface area contributed by atoms with Crippen molar-refractivity contribution in [1.29, 1.82) is 0 Å². The fourth-order valence-electron chi connectivity index (χ4n) is 3.01. The smallest absolute Gasteiger partial charge is 0.268 e. The Labute approximate surface area is 150 Å². The average molecular weight is 350 g/mol. The van der Waals surface area contributed by atoms with Gasteiger partial charge in [0.15, 0.2) is 5.58 Å². The van der Waals surface area contributed by atoms with Gasteiger partial charge in [0.2, 0.25) is 0 Å². The average Bonchev–Trinajstić information content (AvgIpc) is 3.39. The van der Waals surface area contributed by atoms with E-state index >= 15 is 0 Å². The number of carbonyl (C=O) groups is 1. The van der Waals surface area contributed by atoms with Crippen LogP contribution < -0.4 is 10.1 Å². The van der Waals surface area contributed by atoms with Gasteiger partial charge in [0.05, 0.1) is 38.2 Å². The molecule has 6 nitrogen and oxygen atoms in total. The van der Waals surface area contributed by atoms with Crippen molar-refractivity contribution in [2.24, 2.45) is 0 Å². The number of hydrogen-bond acceptors (Lipinski definition) is 4. The highest BCUT2D eigenvalue weighted by atomic mass is 16.5. The second-order valence-corrected chi connectivity index (χ2v) is 5.86. The van der Waals surface area contributed by atoms with Gasteiger partial charge in [0, 0.05) is 17.7 Å². The largest absolute Gasteiger partial charge is 0.496 e. The van der Waals surface area contributed by atoms with Gasteiger partial charge in [-0.15, -0.1) is 0 Å². The van der Waals surface area contributed by atoms with Gasteiger partial charge < -0.3 is 23.5 Å². The van der Waals surface area contributed by atoms with E-state index in [-0.39, 0.29) is 5.91 Å². The van der Waals surface area contributed by atoms with E-state index in [1.807, 2.05) is 41.0 Å². The molecule has 0 aliphatic rings. The summed E-state index contributed by atoms with van der Waals surface area (Å²) < 4.78 is 18.1. The number of rotatable bonds is 6. The lowest BCUT2D eigenvalue weighted by Crippen LogP contribution is -2.25. The molecule has 1 N–H and O–H groups in total. The molecule has 4 aromatic rings. The Hall–Kier alpha value is -3.41. The van der Waals surface area contributed by atoms with Gasteiger partial charge in [-0.3, -0.25) is 4.79 Å². The minimum absolute atomic E-state index is 0.192. The maximum absolute atomic E-state index is 12.7. The zero-order valence-electron chi connectivity index (χ0n) is 14.3. The van der Waals surface area contributed by atoms with Gasteiger partial charge >= 0.3 is 0 Å². The van der Waals surface area contributed by atoms with E-state index in [4.69, 9.17) is 13.6 Å². The van der Waals surface area contributed by atoms with Crippen molar-refractivity contribution < 1.29 is 18.4 Å². The fourth-order valence-corrected chi connectivity index (χ4v) is 3.01. The zero-order valence-corrected chi connectivity index (χ0v) is 14.3. The number of fused-ring (bicyclic) bond motifs is 1. The van der Waals surface area contributed by atoms with Crippen LogP contribution in [-0.4, -0.2) is 17.6 Å². The number of carbonyl (C=O) groups excluding carboxylic acids is 1. The predicted molar refractivity (Wildman–Crippen MR) is 96.2 cm³/mol. The molecule has 4 rings (SSSR count). The molecule has 3 aromatic heterocycles. The van der Waals surface area contributed by atoms with Crippen molar-refractivity contribution in [3.05, 3.63) is 78.1 Å². The number of aromatic nitrogens is 1. The molecule has 6 heteroatoms. The molecule has 0 spiro atoms. The number of benzene rings is 1. The van der Waals surface area contributed by atoms with E-state index in [0.29, 0.717) is 30.1 Å². The van der Waals surface area contributed by atoms with Gasteiger partial charge in [0.1, 0.15) is 17.2 Å². The van der Waals surface area contributed by atoms with E-state index in [1.165, 1.54) is 0 Å². The first-order valence-electron chi connectivity index (χ1n) is 8.25. The molecular formula is C20H18N2O4. The molecule has 3 heterocycles. The summed E-state index contributed by atoms with van der Waals surface area (Å²) in [4.78, 5) is 12.7. The van der Waals surface area contributed by atoms with Crippen molar-refractivity contribution in [3.63, 3.8) is 0 Å². The Morgan fingerprint density at radius 3 is 2.81 bits per heavy atom. The molecule has 26 heavy (non-hydrogen) atoms. The molecule has 0 radical (unpaired) electrons. The Morgan fingerprint density at radius 2 is 2.00 bits per heavy atom. The first-order chi connectivity index (χ1) is 12.8. The summed E-state index contributed by atoms with van der Waals surface area (Å²) in [6, 6.07) is 15.0. The number of furan rings is 2. The first kappa shape index (κ1) is 16.1. The third kappa shape index (κ3) is 2.97. The molecule has 0 aliphatic carbocycles. The molecular weight excluding hydrogens is 332 g/mol. The van der Waals surface area contributed by atoms with Crippen LogP contribution in [0.2, 0.25) is 0 Å². The van der Waals surface area contributed by atoms with Crippen LogP contribution in [0.1, 0.15) is 21.8 Å². The fraction of sp³-hybridized carbons (Fsp3) is 0.150. The van der Waals surface area contributed by atoms with Crippen LogP contribution >= 0.6 is 0 Å². The summed E-state index contributed by atoms with van der Waals surface area (Å²) in [5.41, 5.74) is 3.03. The highest BCUT2D eigenvalue weighted by molar-refractivity contribution is 5.97. The van der Waals surface area contributed by atoms with E-state index in [2.05, 4.69) is 5.32 Å². The van der Waals surface area contributed by atoms with Crippen molar-refractivity contribution in [1.82, 2.24) is 9.88 Å². The lowest BCUT2D eigenvalue weighted by molar-refractivity contribution is 0.0939. The van der Waals surface area contributed by atoms with Crippen molar-refractivity contribution in [2.45, 2.75) is 13.1 Å². The number of nitrogens with one attached hydrogen (secondary N) is 1. The first-order valence-corrected chi connectivity index (χ1v) is 8.25. The van der Waals surface area contributed by atoms with Crippen molar-refractivity contribution in [3.8, 4) is 5.75 Å². The highest BCUT2D eigenvalue weighted by Crippen LogP contribution is 2.25. The topological polar surface area (TPSA) is 69.5 Å². The van der Waals surface area contributed by atoms with Crippen LogP contribution in [0.5, 0.6) is 5.75 Å². The lowest BCUT2D eigenvalue weighted by atomic mass is 10.2. The Morgan fingerprint density at radius 1 is 1.12 bits per heavy atom. The third-order valence-electron chi connectivity index (χ3n) is 4.28.